The number of anilines is 1. The Hall–Kier alpha value is -2.12. The number of nitrogens with zero attached hydrogens (tertiary/aromatic N) is 2. The molecule has 2 heterocycles. The van der Waals surface area contributed by atoms with Crippen LogP contribution in [-0.4, -0.2) is 48.5 Å². The first-order valence-electron chi connectivity index (χ1n) is 11.2. The normalized spacial score (nSPS) is 18.9. The summed E-state index contributed by atoms with van der Waals surface area (Å²) < 4.78 is 0. The van der Waals surface area contributed by atoms with E-state index < -0.39 is 0 Å². The Bertz CT molecular complexity index is 970. The lowest BCUT2D eigenvalue weighted by Gasteiger charge is -2.39. The van der Waals surface area contributed by atoms with E-state index in [4.69, 9.17) is 0 Å². The average molecular weight is 445 g/mol. The van der Waals surface area contributed by atoms with Crippen molar-refractivity contribution in [3.05, 3.63) is 49.1 Å². The summed E-state index contributed by atoms with van der Waals surface area (Å²) in [6.07, 6.45) is 4.80. The number of thiophene rings is 1. The highest BCUT2D eigenvalue weighted by Crippen LogP contribution is 2.35. The second-order valence-electron chi connectivity index (χ2n) is 8.91. The zero-order chi connectivity index (χ0) is 22.7. The van der Waals surface area contributed by atoms with Gasteiger partial charge in [0.25, 0.3) is 11.5 Å². The number of hydrogen-bond acceptors (Lipinski definition) is 5. The molecule has 2 aromatic rings. The summed E-state index contributed by atoms with van der Waals surface area (Å²) >= 11 is 1.50. The van der Waals surface area contributed by atoms with Gasteiger partial charge in [0, 0.05) is 41.8 Å². The molecule has 2 N–H and O–H groups in total. The highest BCUT2D eigenvalue weighted by Gasteiger charge is 2.28. The van der Waals surface area contributed by atoms with Crippen LogP contribution < -0.4 is 15.8 Å². The molecule has 0 aromatic carbocycles. The van der Waals surface area contributed by atoms with Crippen molar-refractivity contribution in [2.75, 3.05) is 25.5 Å². The van der Waals surface area contributed by atoms with Crippen LogP contribution in [0.2, 0.25) is 0 Å². The zero-order valence-corrected chi connectivity index (χ0v) is 20.5. The second-order valence-corrected chi connectivity index (χ2v) is 9.79. The van der Waals surface area contributed by atoms with Crippen LogP contribution in [0.15, 0.2) is 16.2 Å². The topological polar surface area (TPSA) is 68.4 Å². The summed E-state index contributed by atoms with van der Waals surface area (Å²) in [5.41, 5.74) is 4.42. The molecule has 3 rings (SSSR count). The van der Waals surface area contributed by atoms with Crippen LogP contribution in [0.25, 0.3) is 0 Å². The van der Waals surface area contributed by atoms with E-state index >= 15 is 0 Å². The minimum absolute atomic E-state index is 0.111. The number of hydrogen-bond donors (Lipinski definition) is 2. The number of nitrogens with one attached hydrogen (secondary N) is 2. The highest BCUT2D eigenvalue weighted by molar-refractivity contribution is 7.12. The first-order chi connectivity index (χ1) is 14.7. The Morgan fingerprint density at radius 2 is 1.81 bits per heavy atom. The SMILES string of the molecule is CCN(c1csc(C(=O)NCc2c(C)cc(C)[nH]c2=O)c1C)[C@H]1CC[C@@H](N(C)C)CC1. The summed E-state index contributed by atoms with van der Waals surface area (Å²) in [5, 5.41) is 5.07. The van der Waals surface area contributed by atoms with E-state index in [2.05, 4.69) is 46.5 Å². The first kappa shape index (κ1) is 23.5. The number of carbonyl (C=O) groups excluding carboxylic acids is 1. The standard InChI is InChI=1S/C24H36N4O2S/c1-7-28(19-10-8-18(9-11-19)27(5)6)21-14-31-22(17(21)4)24(30)25-13-20-15(2)12-16(3)26-23(20)29/h12,14,18-19H,7-11,13H2,1-6H3,(H,25,30)(H,26,29)/t18-,19+. The van der Waals surface area contributed by atoms with Crippen molar-refractivity contribution in [2.45, 2.75) is 72.0 Å². The monoisotopic (exact) mass is 444 g/mol. The van der Waals surface area contributed by atoms with Crippen molar-refractivity contribution in [3.63, 3.8) is 0 Å². The van der Waals surface area contributed by atoms with E-state index in [0.29, 0.717) is 17.6 Å². The van der Waals surface area contributed by atoms with Gasteiger partial charge in [-0.25, -0.2) is 0 Å². The third-order valence-electron chi connectivity index (χ3n) is 6.63. The maximum Gasteiger partial charge on any atom is 0.261 e. The van der Waals surface area contributed by atoms with Crippen molar-refractivity contribution in [1.29, 1.82) is 0 Å². The minimum atomic E-state index is -0.133. The van der Waals surface area contributed by atoms with E-state index in [-0.39, 0.29) is 18.0 Å². The second kappa shape index (κ2) is 10.0. The summed E-state index contributed by atoms with van der Waals surface area (Å²) in [7, 11) is 4.34. The van der Waals surface area contributed by atoms with E-state index in [9.17, 15) is 9.59 Å². The Kier molecular flexibility index (Phi) is 7.59. The van der Waals surface area contributed by atoms with E-state index in [0.717, 1.165) is 28.2 Å². The molecule has 2 aromatic heterocycles. The predicted molar refractivity (Wildman–Crippen MR) is 130 cm³/mol. The van der Waals surface area contributed by atoms with Gasteiger partial charge in [0.05, 0.1) is 10.6 Å². The van der Waals surface area contributed by atoms with Gasteiger partial charge in [-0.05, 0) is 84.7 Å². The molecule has 0 radical (unpaired) electrons. The molecule has 1 aliphatic carbocycles. The molecule has 0 aliphatic heterocycles. The number of aromatic amines is 1. The fraction of sp³-hybridized carbons (Fsp3) is 0.583. The van der Waals surface area contributed by atoms with Crippen LogP contribution in [0.3, 0.4) is 0 Å². The van der Waals surface area contributed by atoms with Gasteiger partial charge in [0.2, 0.25) is 0 Å². The number of aryl methyl sites for hydroxylation is 2. The van der Waals surface area contributed by atoms with E-state index in [1.54, 1.807) is 0 Å². The van der Waals surface area contributed by atoms with Crippen LogP contribution in [-0.2, 0) is 6.54 Å². The molecular weight excluding hydrogens is 408 g/mol. The first-order valence-corrected chi connectivity index (χ1v) is 12.1. The zero-order valence-electron chi connectivity index (χ0n) is 19.7. The molecule has 31 heavy (non-hydrogen) atoms. The highest BCUT2D eigenvalue weighted by atomic mass is 32.1. The molecule has 170 valence electrons. The Morgan fingerprint density at radius 3 is 2.39 bits per heavy atom. The van der Waals surface area contributed by atoms with Gasteiger partial charge >= 0.3 is 0 Å². The molecular formula is C24H36N4O2S. The summed E-state index contributed by atoms with van der Waals surface area (Å²) in [5.74, 6) is -0.111. The lowest BCUT2D eigenvalue weighted by molar-refractivity contribution is 0.0954. The number of rotatable bonds is 7. The molecule has 7 heteroatoms. The van der Waals surface area contributed by atoms with E-state index in [1.807, 2.05) is 26.8 Å². The van der Waals surface area contributed by atoms with Gasteiger partial charge in [-0.3, -0.25) is 9.59 Å². The molecule has 1 fully saturated rings. The Balaban J connectivity index is 1.70. The molecule has 0 spiro atoms. The van der Waals surface area contributed by atoms with Crippen LogP contribution in [0.1, 0.15) is 64.7 Å². The molecule has 1 aliphatic rings. The summed E-state index contributed by atoms with van der Waals surface area (Å²) in [6.45, 7) is 9.18. The van der Waals surface area contributed by atoms with Gasteiger partial charge in [-0.2, -0.15) is 0 Å². The van der Waals surface area contributed by atoms with Gasteiger partial charge in [0.15, 0.2) is 0 Å². The molecule has 6 nitrogen and oxygen atoms in total. The van der Waals surface area contributed by atoms with Crippen LogP contribution in [0.5, 0.6) is 0 Å². The quantitative estimate of drug-likeness (QED) is 0.678. The minimum Gasteiger partial charge on any atom is -0.368 e. The van der Waals surface area contributed by atoms with Gasteiger partial charge < -0.3 is 20.1 Å². The number of H-pyrrole nitrogens is 1. The van der Waals surface area contributed by atoms with Crippen LogP contribution in [0.4, 0.5) is 5.69 Å². The Morgan fingerprint density at radius 1 is 1.16 bits per heavy atom. The molecule has 1 amide bonds. The molecule has 1 saturated carbocycles. The van der Waals surface area contributed by atoms with Crippen molar-refractivity contribution < 1.29 is 4.79 Å². The summed E-state index contributed by atoms with van der Waals surface area (Å²) in [4.78, 5) is 33.5. The number of carbonyl (C=O) groups is 1. The van der Waals surface area contributed by atoms with Crippen molar-refractivity contribution >= 4 is 22.9 Å². The van der Waals surface area contributed by atoms with Gasteiger partial charge in [-0.15, -0.1) is 11.3 Å². The third kappa shape index (κ3) is 5.21. The predicted octanol–water partition coefficient (Wildman–Crippen LogP) is 3.99. The number of aromatic nitrogens is 1. The molecule has 0 saturated heterocycles. The lowest BCUT2D eigenvalue weighted by atomic mass is 9.89. The van der Waals surface area contributed by atoms with Crippen molar-refractivity contribution in [3.8, 4) is 0 Å². The fourth-order valence-corrected chi connectivity index (χ4v) is 5.78. The molecule has 0 unspecified atom stereocenters. The van der Waals surface area contributed by atoms with Crippen LogP contribution >= 0.6 is 11.3 Å². The summed E-state index contributed by atoms with van der Waals surface area (Å²) in [6, 6.07) is 3.13. The fourth-order valence-electron chi connectivity index (χ4n) is 4.78. The number of pyridine rings is 1. The maximum absolute atomic E-state index is 12.9. The third-order valence-corrected chi connectivity index (χ3v) is 7.69. The largest absolute Gasteiger partial charge is 0.368 e. The maximum atomic E-state index is 12.9. The van der Waals surface area contributed by atoms with Crippen molar-refractivity contribution in [2.24, 2.45) is 0 Å². The molecule has 0 bridgehead atoms. The lowest BCUT2D eigenvalue weighted by Crippen LogP contribution is -2.42. The smallest absolute Gasteiger partial charge is 0.261 e. The van der Waals surface area contributed by atoms with Crippen LogP contribution in [0, 0.1) is 20.8 Å². The Labute approximate surface area is 189 Å². The van der Waals surface area contributed by atoms with Gasteiger partial charge in [-0.1, -0.05) is 0 Å². The average Bonchev–Trinajstić information content (AvgIpc) is 3.09. The molecule has 0 atom stereocenters. The number of amides is 1. The van der Waals surface area contributed by atoms with Crippen molar-refractivity contribution in [1.82, 2.24) is 15.2 Å². The van der Waals surface area contributed by atoms with E-state index in [1.165, 1.54) is 42.7 Å². The van der Waals surface area contributed by atoms with Gasteiger partial charge in [0.1, 0.15) is 0 Å².